The lowest BCUT2D eigenvalue weighted by Crippen LogP contribution is -2.25. The Kier molecular flexibility index (Phi) is 6.04. The molecule has 30 heavy (non-hydrogen) atoms. The Morgan fingerprint density at radius 2 is 0.967 bits per heavy atom. The first kappa shape index (κ1) is 19.6. The second-order valence-electron chi connectivity index (χ2n) is 7.39. The molecule has 0 bridgehead atoms. The molecule has 0 fully saturated rings. The molecule has 4 rings (SSSR count). The highest BCUT2D eigenvalue weighted by molar-refractivity contribution is 6.00. The summed E-state index contributed by atoms with van der Waals surface area (Å²) in [5.41, 5.74) is 2.25. The van der Waals surface area contributed by atoms with Crippen LogP contribution >= 0.6 is 0 Å². The van der Waals surface area contributed by atoms with Crippen LogP contribution in [0.1, 0.15) is 11.1 Å². The van der Waals surface area contributed by atoms with Gasteiger partial charge in [0, 0.05) is 25.2 Å². The van der Waals surface area contributed by atoms with Crippen LogP contribution < -0.4 is 0 Å². The Hall–Kier alpha value is -3.66. The Balaban J connectivity index is 1.36. The fourth-order valence-corrected chi connectivity index (χ4v) is 3.45. The molecule has 0 radical (unpaired) electrons. The first-order chi connectivity index (χ1) is 14.7. The first-order valence-corrected chi connectivity index (χ1v) is 10.2. The molecular weight excluding hydrogens is 368 g/mol. The summed E-state index contributed by atoms with van der Waals surface area (Å²) in [5.74, 6) is 0. The van der Waals surface area contributed by atoms with Gasteiger partial charge in [-0.3, -0.25) is 10.0 Å². The summed E-state index contributed by atoms with van der Waals surface area (Å²) in [7, 11) is 3.98. The molecule has 4 nitrogen and oxygen atoms in total. The zero-order chi connectivity index (χ0) is 20.8. The highest BCUT2D eigenvalue weighted by Crippen LogP contribution is 2.18. The number of benzene rings is 4. The summed E-state index contributed by atoms with van der Waals surface area (Å²) >= 11 is 0. The smallest absolute Gasteiger partial charge is 0.0549 e. The molecule has 4 aromatic carbocycles. The first-order valence-electron chi connectivity index (χ1n) is 10.2. The fourth-order valence-electron chi connectivity index (χ4n) is 3.45. The van der Waals surface area contributed by atoms with Crippen molar-refractivity contribution in [2.45, 2.75) is 0 Å². The molecule has 0 heterocycles. The molecule has 0 atom stereocenters. The maximum absolute atomic E-state index is 4.61. The molecule has 0 amide bonds. The summed E-state index contributed by atoms with van der Waals surface area (Å²) in [5, 5.41) is 18.0. The molecule has 0 aliphatic carbocycles. The van der Waals surface area contributed by atoms with Crippen molar-refractivity contribution in [1.82, 2.24) is 10.0 Å². The Morgan fingerprint density at radius 1 is 0.567 bits per heavy atom. The Morgan fingerprint density at radius 3 is 1.43 bits per heavy atom. The van der Waals surface area contributed by atoms with Gasteiger partial charge in [-0.1, -0.05) is 84.9 Å². The van der Waals surface area contributed by atoms with Crippen molar-refractivity contribution in [3.8, 4) is 0 Å². The van der Waals surface area contributed by atoms with E-state index in [-0.39, 0.29) is 0 Å². The molecule has 0 aliphatic rings. The number of rotatable bonds is 7. The van der Waals surface area contributed by atoms with Crippen molar-refractivity contribution in [2.24, 2.45) is 10.2 Å². The predicted octanol–water partition coefficient (Wildman–Crippen LogP) is 5.22. The van der Waals surface area contributed by atoms with Crippen LogP contribution in [0, 0.1) is 0 Å². The van der Waals surface area contributed by atoms with Gasteiger partial charge in [0.2, 0.25) is 0 Å². The predicted molar refractivity (Wildman–Crippen MR) is 128 cm³/mol. The van der Waals surface area contributed by atoms with Crippen LogP contribution in [0.5, 0.6) is 0 Å². The van der Waals surface area contributed by atoms with Crippen molar-refractivity contribution in [2.75, 3.05) is 27.2 Å². The van der Waals surface area contributed by atoms with E-state index in [2.05, 4.69) is 95.1 Å². The monoisotopic (exact) mass is 394 g/mol. The van der Waals surface area contributed by atoms with Crippen LogP contribution in [0.25, 0.3) is 21.5 Å². The minimum atomic E-state index is 0.782. The van der Waals surface area contributed by atoms with Gasteiger partial charge in [-0.15, -0.1) is 0 Å². The van der Waals surface area contributed by atoms with E-state index in [0.717, 1.165) is 24.2 Å². The van der Waals surface area contributed by atoms with Crippen LogP contribution in [-0.4, -0.2) is 49.6 Å². The largest absolute Gasteiger partial charge is 0.298 e. The van der Waals surface area contributed by atoms with Gasteiger partial charge in [0.05, 0.1) is 25.5 Å². The molecule has 0 aliphatic heterocycles. The minimum Gasteiger partial charge on any atom is -0.298 e. The van der Waals surface area contributed by atoms with Crippen LogP contribution in [0.2, 0.25) is 0 Å². The molecule has 0 unspecified atom stereocenters. The van der Waals surface area contributed by atoms with Crippen molar-refractivity contribution < 1.29 is 0 Å². The summed E-state index contributed by atoms with van der Waals surface area (Å²) < 4.78 is 0. The molecule has 150 valence electrons. The van der Waals surface area contributed by atoms with Gasteiger partial charge in [-0.2, -0.15) is 10.2 Å². The fraction of sp³-hybridized carbons (Fsp3) is 0.154. The summed E-state index contributed by atoms with van der Waals surface area (Å²) in [4.78, 5) is 0. The van der Waals surface area contributed by atoms with Gasteiger partial charge in [0.1, 0.15) is 0 Å². The van der Waals surface area contributed by atoms with Gasteiger partial charge in [0.25, 0.3) is 0 Å². The van der Waals surface area contributed by atoms with E-state index in [4.69, 9.17) is 0 Å². The van der Waals surface area contributed by atoms with Gasteiger partial charge >= 0.3 is 0 Å². The number of hydrazone groups is 2. The average molecular weight is 395 g/mol. The standard InChI is InChI=1S/C26H26N4/c1-29(27-19-23-13-7-11-21-9-3-5-15-25(21)23)17-18-30(2)28-20-24-14-8-12-22-10-4-6-16-26(22)24/h3-16,19-20H,17-18H2,1-2H3. The van der Waals surface area contributed by atoms with E-state index in [0.29, 0.717) is 0 Å². The zero-order valence-electron chi connectivity index (χ0n) is 17.4. The van der Waals surface area contributed by atoms with E-state index >= 15 is 0 Å². The zero-order valence-corrected chi connectivity index (χ0v) is 17.4. The lowest BCUT2D eigenvalue weighted by molar-refractivity contribution is 0.272. The van der Waals surface area contributed by atoms with Crippen LogP contribution in [0.15, 0.2) is 95.1 Å². The van der Waals surface area contributed by atoms with Crippen molar-refractivity contribution >= 4 is 34.0 Å². The molecule has 0 N–H and O–H groups in total. The Bertz CT molecular complexity index is 1090. The third-order valence-electron chi connectivity index (χ3n) is 5.18. The topological polar surface area (TPSA) is 31.2 Å². The molecule has 0 spiro atoms. The number of likely N-dealkylation sites (N-methyl/N-ethyl adjacent to an activating group) is 2. The van der Waals surface area contributed by atoms with Gasteiger partial charge < -0.3 is 0 Å². The number of fused-ring (bicyclic) bond motifs is 2. The lowest BCUT2D eigenvalue weighted by atomic mass is 10.1. The molecular formula is C26H26N4. The quantitative estimate of drug-likeness (QED) is 0.318. The third-order valence-corrected chi connectivity index (χ3v) is 5.18. The van der Waals surface area contributed by atoms with Gasteiger partial charge in [-0.05, 0) is 21.5 Å². The number of hydrogen-bond donors (Lipinski definition) is 0. The van der Waals surface area contributed by atoms with Crippen molar-refractivity contribution in [3.05, 3.63) is 96.1 Å². The van der Waals surface area contributed by atoms with E-state index in [9.17, 15) is 0 Å². The van der Waals surface area contributed by atoms with Crippen molar-refractivity contribution in [1.29, 1.82) is 0 Å². The molecule has 0 aromatic heterocycles. The highest BCUT2D eigenvalue weighted by atomic mass is 15.5. The second kappa shape index (κ2) is 9.23. The molecule has 4 heteroatoms. The SMILES string of the molecule is CN(CCN(C)N=Cc1cccc2ccccc12)N=Cc1cccc2ccccc12. The number of hydrogen-bond acceptors (Lipinski definition) is 4. The summed E-state index contributed by atoms with van der Waals surface area (Å²) in [6, 6.07) is 29.3. The molecule has 0 saturated carbocycles. The molecule has 0 saturated heterocycles. The Labute approximate surface area is 177 Å². The van der Waals surface area contributed by atoms with E-state index in [1.807, 2.05) is 36.5 Å². The van der Waals surface area contributed by atoms with E-state index in [1.54, 1.807) is 0 Å². The number of nitrogens with zero attached hydrogens (tertiary/aromatic N) is 4. The maximum atomic E-state index is 4.61. The highest BCUT2D eigenvalue weighted by Gasteiger charge is 2.01. The lowest BCUT2D eigenvalue weighted by Gasteiger charge is -2.18. The van der Waals surface area contributed by atoms with E-state index < -0.39 is 0 Å². The molecule has 4 aromatic rings. The van der Waals surface area contributed by atoms with Crippen LogP contribution in [0.4, 0.5) is 0 Å². The van der Waals surface area contributed by atoms with Crippen LogP contribution in [-0.2, 0) is 0 Å². The average Bonchev–Trinajstić information content (AvgIpc) is 2.80. The van der Waals surface area contributed by atoms with Gasteiger partial charge in [0.15, 0.2) is 0 Å². The second-order valence-corrected chi connectivity index (χ2v) is 7.39. The van der Waals surface area contributed by atoms with Crippen LogP contribution in [0.3, 0.4) is 0 Å². The van der Waals surface area contributed by atoms with Crippen molar-refractivity contribution in [3.63, 3.8) is 0 Å². The third kappa shape index (κ3) is 4.66. The normalized spacial score (nSPS) is 11.7. The summed E-state index contributed by atoms with van der Waals surface area (Å²) in [6.07, 6.45) is 3.86. The van der Waals surface area contributed by atoms with Gasteiger partial charge in [-0.25, -0.2) is 0 Å². The summed E-state index contributed by atoms with van der Waals surface area (Å²) in [6.45, 7) is 1.56. The minimum absolute atomic E-state index is 0.782. The van der Waals surface area contributed by atoms with E-state index in [1.165, 1.54) is 21.5 Å². The maximum Gasteiger partial charge on any atom is 0.0549 e.